The summed E-state index contributed by atoms with van der Waals surface area (Å²) in [6.45, 7) is 0.231. The van der Waals surface area contributed by atoms with Crippen molar-refractivity contribution in [1.29, 1.82) is 0 Å². The number of rotatable bonds is 6. The van der Waals surface area contributed by atoms with Gasteiger partial charge in [-0.3, -0.25) is 4.79 Å². The van der Waals surface area contributed by atoms with Crippen LogP contribution < -0.4 is 0 Å². The highest BCUT2D eigenvalue weighted by molar-refractivity contribution is 7.99. The minimum absolute atomic E-state index is 0.231. The molecule has 0 bridgehead atoms. The summed E-state index contributed by atoms with van der Waals surface area (Å²) in [7, 11) is -7.10. The number of carboxylic acid groups (broad SMARTS) is 1. The number of thioether (sulfide) groups is 1. The van der Waals surface area contributed by atoms with Gasteiger partial charge in [0.15, 0.2) is 0 Å². The summed E-state index contributed by atoms with van der Waals surface area (Å²) in [6, 6.07) is -0.596. The molecule has 112 valence electrons. The van der Waals surface area contributed by atoms with E-state index in [0.717, 1.165) is 10.6 Å². The maximum Gasteiger partial charge on any atom is 0.305 e. The molecule has 1 atom stereocenters. The van der Waals surface area contributed by atoms with Crippen LogP contribution in [0, 0.1) is 0 Å². The molecule has 0 aromatic rings. The van der Waals surface area contributed by atoms with E-state index >= 15 is 0 Å². The van der Waals surface area contributed by atoms with Crippen LogP contribution in [0.1, 0.15) is 6.42 Å². The number of aliphatic carboxylic acids is 1. The summed E-state index contributed by atoms with van der Waals surface area (Å²) >= 11 is 1.50. The molecule has 0 aromatic carbocycles. The van der Waals surface area contributed by atoms with Crippen molar-refractivity contribution < 1.29 is 26.7 Å². The molecular weight excluding hydrogens is 314 g/mol. The Hall–Kier alpha value is -0.320. The second-order valence-electron chi connectivity index (χ2n) is 4.38. The summed E-state index contributed by atoms with van der Waals surface area (Å²) in [5.74, 6) is -0.986. The van der Waals surface area contributed by atoms with Crippen LogP contribution in [0.3, 0.4) is 0 Å². The van der Waals surface area contributed by atoms with Crippen molar-refractivity contribution >= 4 is 37.6 Å². The third-order valence-electron chi connectivity index (χ3n) is 2.65. The molecule has 1 aliphatic rings. The molecular formula is C9H17NO6S3. The Labute approximate surface area is 117 Å². The molecule has 0 radical (unpaired) electrons. The fraction of sp³-hybridized carbons (Fsp3) is 0.889. The Morgan fingerprint density at radius 2 is 1.95 bits per heavy atom. The molecule has 1 rings (SSSR count). The van der Waals surface area contributed by atoms with E-state index in [4.69, 9.17) is 5.11 Å². The van der Waals surface area contributed by atoms with Gasteiger partial charge < -0.3 is 5.11 Å². The molecule has 19 heavy (non-hydrogen) atoms. The van der Waals surface area contributed by atoms with E-state index in [1.807, 2.05) is 0 Å². The standard InChI is InChI=1S/C9H17NO6S3/c1-18(13,14)4-5-19(15,16)10-2-3-17-7-8(10)6-9(11)12/h8H,2-7H2,1H3,(H,11,12). The maximum absolute atomic E-state index is 12.1. The van der Waals surface area contributed by atoms with Crippen LogP contribution in [0.5, 0.6) is 0 Å². The predicted molar refractivity (Wildman–Crippen MR) is 73.6 cm³/mol. The van der Waals surface area contributed by atoms with E-state index in [-0.39, 0.29) is 13.0 Å². The molecule has 0 amide bonds. The van der Waals surface area contributed by atoms with Crippen LogP contribution in [0.25, 0.3) is 0 Å². The van der Waals surface area contributed by atoms with Crippen LogP contribution in [0.4, 0.5) is 0 Å². The zero-order valence-electron chi connectivity index (χ0n) is 10.5. The van der Waals surface area contributed by atoms with Crippen LogP contribution in [0.15, 0.2) is 0 Å². The number of sulfone groups is 1. The normalized spacial score (nSPS) is 22.3. The van der Waals surface area contributed by atoms with Crippen molar-refractivity contribution in [2.24, 2.45) is 0 Å². The molecule has 0 spiro atoms. The lowest BCUT2D eigenvalue weighted by molar-refractivity contribution is -0.137. The topological polar surface area (TPSA) is 109 Å². The van der Waals surface area contributed by atoms with Gasteiger partial charge in [0.1, 0.15) is 9.84 Å². The van der Waals surface area contributed by atoms with E-state index in [0.29, 0.717) is 11.5 Å². The Morgan fingerprint density at radius 1 is 1.32 bits per heavy atom. The fourth-order valence-electron chi connectivity index (χ4n) is 1.74. The second-order valence-corrected chi connectivity index (χ2v) is 9.83. The van der Waals surface area contributed by atoms with E-state index in [2.05, 4.69) is 0 Å². The third-order valence-corrected chi connectivity index (χ3v) is 6.86. The van der Waals surface area contributed by atoms with Crippen LogP contribution in [0.2, 0.25) is 0 Å². The Kier molecular flexibility index (Phi) is 5.65. The molecule has 1 N–H and O–H groups in total. The molecule has 1 fully saturated rings. The van der Waals surface area contributed by atoms with E-state index in [1.165, 1.54) is 11.8 Å². The Bertz CT molecular complexity index is 526. The number of sulfonamides is 1. The van der Waals surface area contributed by atoms with Crippen molar-refractivity contribution in [2.75, 3.05) is 35.8 Å². The third kappa shape index (κ3) is 5.67. The summed E-state index contributed by atoms with van der Waals surface area (Å²) in [5, 5.41) is 8.78. The average Bonchev–Trinajstić information content (AvgIpc) is 2.25. The lowest BCUT2D eigenvalue weighted by atomic mass is 10.2. The quantitative estimate of drug-likeness (QED) is 0.682. The molecule has 7 nitrogen and oxygen atoms in total. The van der Waals surface area contributed by atoms with Crippen molar-refractivity contribution in [1.82, 2.24) is 4.31 Å². The van der Waals surface area contributed by atoms with Crippen molar-refractivity contribution in [3.05, 3.63) is 0 Å². The summed E-state index contributed by atoms with van der Waals surface area (Å²) < 4.78 is 47.4. The van der Waals surface area contributed by atoms with Gasteiger partial charge in [-0.05, 0) is 0 Å². The molecule has 1 unspecified atom stereocenters. The summed E-state index contributed by atoms with van der Waals surface area (Å²) in [6.07, 6.45) is 0.717. The largest absolute Gasteiger partial charge is 0.481 e. The lowest BCUT2D eigenvalue weighted by Gasteiger charge is -2.33. The monoisotopic (exact) mass is 331 g/mol. The number of carboxylic acids is 1. The first-order chi connectivity index (χ1) is 8.62. The van der Waals surface area contributed by atoms with Gasteiger partial charge in [-0.1, -0.05) is 0 Å². The van der Waals surface area contributed by atoms with Gasteiger partial charge in [-0.25, -0.2) is 16.8 Å². The van der Waals surface area contributed by atoms with Gasteiger partial charge in [0.2, 0.25) is 10.0 Å². The van der Waals surface area contributed by atoms with Crippen LogP contribution in [-0.2, 0) is 24.7 Å². The van der Waals surface area contributed by atoms with Crippen molar-refractivity contribution in [2.45, 2.75) is 12.5 Å². The lowest BCUT2D eigenvalue weighted by Crippen LogP contribution is -2.48. The first kappa shape index (κ1) is 16.7. The second kappa shape index (κ2) is 6.42. The SMILES string of the molecule is CS(=O)(=O)CCS(=O)(=O)N1CCSCC1CC(=O)O. The van der Waals surface area contributed by atoms with E-state index < -0.39 is 43.4 Å². The average molecular weight is 331 g/mol. The number of nitrogens with zero attached hydrogens (tertiary/aromatic N) is 1. The van der Waals surface area contributed by atoms with Crippen LogP contribution >= 0.6 is 11.8 Å². The number of carbonyl (C=O) groups is 1. The molecule has 0 aliphatic carbocycles. The zero-order valence-corrected chi connectivity index (χ0v) is 12.9. The van der Waals surface area contributed by atoms with Gasteiger partial charge in [0.25, 0.3) is 0 Å². The number of hydrogen-bond acceptors (Lipinski definition) is 6. The van der Waals surface area contributed by atoms with E-state index in [9.17, 15) is 21.6 Å². The maximum atomic E-state index is 12.1. The summed E-state index contributed by atoms with van der Waals surface area (Å²) in [4.78, 5) is 10.7. The van der Waals surface area contributed by atoms with Gasteiger partial charge in [0, 0.05) is 30.3 Å². The van der Waals surface area contributed by atoms with Gasteiger partial charge >= 0.3 is 5.97 Å². The summed E-state index contributed by atoms with van der Waals surface area (Å²) in [5.41, 5.74) is 0. The highest BCUT2D eigenvalue weighted by atomic mass is 32.2. The highest BCUT2D eigenvalue weighted by Gasteiger charge is 2.34. The first-order valence-electron chi connectivity index (χ1n) is 5.58. The molecule has 1 saturated heterocycles. The van der Waals surface area contributed by atoms with Gasteiger partial charge in [-0.15, -0.1) is 0 Å². The molecule has 10 heteroatoms. The van der Waals surface area contributed by atoms with Crippen LogP contribution in [-0.4, -0.2) is 74.1 Å². The smallest absolute Gasteiger partial charge is 0.305 e. The fourth-order valence-corrected chi connectivity index (χ4v) is 6.28. The minimum Gasteiger partial charge on any atom is -0.481 e. The molecule has 0 aromatic heterocycles. The number of hydrogen-bond donors (Lipinski definition) is 1. The zero-order chi connectivity index (χ0) is 14.7. The molecule has 0 saturated carbocycles. The molecule has 1 heterocycles. The Balaban J connectivity index is 2.80. The predicted octanol–water partition coefficient (Wildman–Crippen LogP) is -0.747. The first-order valence-corrected chi connectivity index (χ1v) is 10.4. The van der Waals surface area contributed by atoms with Crippen molar-refractivity contribution in [3.63, 3.8) is 0 Å². The Morgan fingerprint density at radius 3 is 2.47 bits per heavy atom. The van der Waals surface area contributed by atoms with Gasteiger partial charge in [-0.2, -0.15) is 16.1 Å². The van der Waals surface area contributed by atoms with E-state index in [1.54, 1.807) is 0 Å². The van der Waals surface area contributed by atoms with Crippen molar-refractivity contribution in [3.8, 4) is 0 Å². The molecule has 1 aliphatic heterocycles. The highest BCUT2D eigenvalue weighted by Crippen LogP contribution is 2.22. The van der Waals surface area contributed by atoms with Gasteiger partial charge in [0.05, 0.1) is 17.9 Å². The minimum atomic E-state index is -3.73.